The van der Waals surface area contributed by atoms with Crippen LogP contribution in [-0.2, 0) is 21.7 Å². The molecule has 0 atom stereocenters. The minimum atomic E-state index is 0. The second kappa shape index (κ2) is 11.6. The molecule has 0 saturated carbocycles. The second-order valence-corrected chi connectivity index (χ2v) is 14.6. The topological polar surface area (TPSA) is 25.0 Å². The molecule has 0 aliphatic rings. The summed E-state index contributed by atoms with van der Waals surface area (Å²) >= 11 is 0. The number of H-pyrrole nitrogens is 1. The van der Waals surface area contributed by atoms with E-state index in [9.17, 15) is 0 Å². The molecule has 0 radical (unpaired) electrons. The number of ether oxygens (including phenoxy) is 1. The number of hydrogen-bond acceptors (Lipinski definition) is 1. The van der Waals surface area contributed by atoms with E-state index in [2.05, 4.69) is 137 Å². The number of aromatic nitrogens is 1. The molecule has 2 nitrogen and oxygen atoms in total. The second-order valence-electron chi connectivity index (χ2n) is 14.6. The molecule has 0 bridgehead atoms. The van der Waals surface area contributed by atoms with Crippen molar-refractivity contribution in [1.29, 1.82) is 0 Å². The van der Waals surface area contributed by atoms with E-state index in [1.807, 2.05) is 24.3 Å². The zero-order chi connectivity index (χ0) is 28.5. The van der Waals surface area contributed by atoms with Gasteiger partial charge in [-0.25, -0.2) is 0 Å². The van der Waals surface area contributed by atoms with Crippen molar-refractivity contribution in [3.8, 4) is 11.5 Å². The average molecular weight is 528 g/mol. The lowest BCUT2D eigenvalue weighted by Crippen LogP contribution is -2.12. The van der Waals surface area contributed by atoms with E-state index in [0.29, 0.717) is 0 Å². The van der Waals surface area contributed by atoms with Gasteiger partial charge in [-0.2, -0.15) is 0 Å². The normalized spacial score (nSPS) is 12.4. The van der Waals surface area contributed by atoms with E-state index in [-0.39, 0.29) is 29.1 Å². The molecule has 0 aliphatic heterocycles. The van der Waals surface area contributed by atoms with Crippen LogP contribution in [0.5, 0.6) is 11.5 Å². The smallest absolute Gasteiger partial charge is 0.127 e. The van der Waals surface area contributed by atoms with Crippen molar-refractivity contribution in [3.05, 3.63) is 95.2 Å². The van der Waals surface area contributed by atoms with E-state index in [1.165, 1.54) is 33.2 Å². The molecule has 1 N–H and O–H groups in total. The Labute approximate surface area is 239 Å². The van der Waals surface area contributed by atoms with Crippen LogP contribution in [0.3, 0.4) is 0 Å². The predicted octanol–water partition coefficient (Wildman–Crippen LogP) is 11.5. The number of nitrogens with one attached hydrogen (secondary N) is 1. The fourth-order valence-electron chi connectivity index (χ4n) is 4.39. The summed E-state index contributed by atoms with van der Waals surface area (Å²) in [6, 6.07) is 23.5. The van der Waals surface area contributed by atoms with Crippen molar-refractivity contribution < 1.29 is 4.74 Å². The molecule has 1 aromatic heterocycles. The molecule has 0 saturated heterocycles. The molecule has 212 valence electrons. The molecule has 0 unspecified atom stereocenters. The van der Waals surface area contributed by atoms with Gasteiger partial charge in [-0.1, -0.05) is 121 Å². The van der Waals surface area contributed by atoms with Crippen molar-refractivity contribution in [2.75, 3.05) is 0 Å². The molecule has 3 aromatic carbocycles. The van der Waals surface area contributed by atoms with Gasteiger partial charge in [0, 0.05) is 17.1 Å². The number of benzene rings is 3. The van der Waals surface area contributed by atoms with Gasteiger partial charge in [0.25, 0.3) is 0 Å². The molecule has 0 aliphatic carbocycles. The maximum absolute atomic E-state index is 5.91. The fourth-order valence-corrected chi connectivity index (χ4v) is 4.39. The van der Waals surface area contributed by atoms with Gasteiger partial charge in [0.1, 0.15) is 11.5 Å². The third kappa shape index (κ3) is 8.49. The van der Waals surface area contributed by atoms with Gasteiger partial charge in [0.05, 0.1) is 0 Å². The molecule has 39 heavy (non-hydrogen) atoms. The quantitative estimate of drug-likeness (QED) is 0.275. The number of rotatable bonds is 2. The van der Waals surface area contributed by atoms with Crippen LogP contribution in [0.15, 0.2) is 72.9 Å². The lowest BCUT2D eigenvalue weighted by atomic mass is 9.83. The van der Waals surface area contributed by atoms with Gasteiger partial charge in [-0.05, 0) is 80.3 Å². The first-order valence-corrected chi connectivity index (χ1v) is 13.9. The number of hydrogen-bond donors (Lipinski definition) is 1. The highest BCUT2D eigenvalue weighted by molar-refractivity contribution is 5.85. The summed E-state index contributed by atoms with van der Waals surface area (Å²) in [6.45, 7) is 26.9. The maximum Gasteiger partial charge on any atom is 0.127 e. The summed E-state index contributed by atoms with van der Waals surface area (Å²) in [5.41, 5.74) is 7.42. The van der Waals surface area contributed by atoms with E-state index in [0.717, 1.165) is 11.5 Å². The SMILES string of the molecule is C.CC(C)(C)c1ccc(Oc2ccc(C(C)(C)C)cc2)cc1.CC(C)(C)c1ccc2[nH]cc(C(C)(C)C)c2c1. The molecule has 1 heterocycles. The van der Waals surface area contributed by atoms with Crippen molar-refractivity contribution in [2.45, 2.75) is 112 Å². The van der Waals surface area contributed by atoms with Crippen molar-refractivity contribution in [3.63, 3.8) is 0 Å². The lowest BCUT2D eigenvalue weighted by molar-refractivity contribution is 0.480. The Morgan fingerprint density at radius 1 is 0.487 bits per heavy atom. The summed E-state index contributed by atoms with van der Waals surface area (Å²) < 4.78 is 5.91. The Hall–Kier alpha value is -3.00. The van der Waals surface area contributed by atoms with Gasteiger partial charge in [0.2, 0.25) is 0 Å². The molecular formula is C37H53NO. The molecule has 0 fully saturated rings. The van der Waals surface area contributed by atoms with Gasteiger partial charge >= 0.3 is 0 Å². The highest BCUT2D eigenvalue weighted by Crippen LogP contribution is 2.33. The molecule has 2 heteroatoms. The largest absolute Gasteiger partial charge is 0.457 e. The third-order valence-electron chi connectivity index (χ3n) is 7.03. The van der Waals surface area contributed by atoms with Crippen LogP contribution in [0.2, 0.25) is 0 Å². The average Bonchev–Trinajstić information content (AvgIpc) is 3.22. The Morgan fingerprint density at radius 3 is 1.23 bits per heavy atom. The van der Waals surface area contributed by atoms with Crippen LogP contribution in [0.4, 0.5) is 0 Å². The van der Waals surface area contributed by atoms with Gasteiger partial charge < -0.3 is 9.72 Å². The summed E-state index contributed by atoms with van der Waals surface area (Å²) in [5, 5.41) is 1.37. The van der Waals surface area contributed by atoms with Crippen LogP contribution >= 0.6 is 0 Å². The minimum absolute atomic E-state index is 0. The molecular weight excluding hydrogens is 474 g/mol. The Morgan fingerprint density at radius 2 is 0.872 bits per heavy atom. The van der Waals surface area contributed by atoms with Gasteiger partial charge in [0.15, 0.2) is 0 Å². The zero-order valence-corrected chi connectivity index (χ0v) is 25.8. The number of fused-ring (bicyclic) bond motifs is 1. The van der Waals surface area contributed by atoms with E-state index < -0.39 is 0 Å². The maximum atomic E-state index is 5.91. The Balaban J connectivity index is 0.000000272. The minimum Gasteiger partial charge on any atom is -0.457 e. The first kappa shape index (κ1) is 32.2. The van der Waals surface area contributed by atoms with Crippen LogP contribution in [0.25, 0.3) is 10.9 Å². The summed E-state index contributed by atoms with van der Waals surface area (Å²) in [7, 11) is 0. The third-order valence-corrected chi connectivity index (χ3v) is 7.03. The van der Waals surface area contributed by atoms with Crippen LogP contribution < -0.4 is 4.74 Å². The highest BCUT2D eigenvalue weighted by Gasteiger charge is 2.20. The lowest BCUT2D eigenvalue weighted by Gasteiger charge is -2.21. The summed E-state index contributed by atoms with van der Waals surface area (Å²) in [6.07, 6.45) is 2.15. The predicted molar refractivity (Wildman–Crippen MR) is 173 cm³/mol. The first-order valence-electron chi connectivity index (χ1n) is 13.9. The molecule has 0 spiro atoms. The van der Waals surface area contributed by atoms with Gasteiger partial charge in [-0.3, -0.25) is 0 Å². The van der Waals surface area contributed by atoms with Crippen molar-refractivity contribution in [1.82, 2.24) is 4.98 Å². The van der Waals surface area contributed by atoms with Crippen LogP contribution in [0.1, 0.15) is 113 Å². The summed E-state index contributed by atoms with van der Waals surface area (Å²) in [4.78, 5) is 3.37. The first-order chi connectivity index (χ1) is 17.4. The molecule has 4 rings (SSSR count). The van der Waals surface area contributed by atoms with E-state index >= 15 is 0 Å². The Bertz CT molecular complexity index is 1270. The van der Waals surface area contributed by atoms with Crippen molar-refractivity contribution in [2.24, 2.45) is 0 Å². The van der Waals surface area contributed by atoms with Crippen molar-refractivity contribution >= 4 is 10.9 Å². The van der Waals surface area contributed by atoms with Gasteiger partial charge in [-0.15, -0.1) is 0 Å². The summed E-state index contributed by atoms with van der Waals surface area (Å²) in [5.74, 6) is 1.76. The standard InChI is InChI=1S/C20H26O.C16H23N.CH4/c1-19(2,3)15-7-11-17(12-8-15)21-18-13-9-16(10-14-18)20(4,5)6;1-15(2,3)11-7-8-14-12(9-11)13(10-17-14)16(4,5)6;/h7-14H,1-6H3;7-10,17H,1-6H3;1H4. The van der Waals surface area contributed by atoms with Crippen LogP contribution in [-0.4, -0.2) is 4.98 Å². The van der Waals surface area contributed by atoms with Crippen LogP contribution in [0, 0.1) is 0 Å². The van der Waals surface area contributed by atoms with E-state index in [4.69, 9.17) is 4.74 Å². The fraction of sp³-hybridized carbons (Fsp3) is 0.459. The van der Waals surface area contributed by atoms with E-state index in [1.54, 1.807) is 0 Å². The Kier molecular flexibility index (Phi) is 9.60. The molecule has 4 aromatic rings. The number of aromatic amines is 1. The highest BCUT2D eigenvalue weighted by atomic mass is 16.5. The monoisotopic (exact) mass is 527 g/mol. The zero-order valence-electron chi connectivity index (χ0n) is 25.8. The molecule has 0 amide bonds.